The Labute approximate surface area is 64.7 Å². The molecule has 0 aromatic carbocycles. The minimum atomic E-state index is -2.49. The van der Waals surface area contributed by atoms with Crippen molar-refractivity contribution < 1.29 is 13.0 Å². The standard InChI is InChI=1S/C5H7ClF2OS/c6-10(9)2-1-4-3-5(4,7)8/h4H,1-3H2. The zero-order valence-electron chi connectivity index (χ0n) is 5.15. The molecule has 5 heteroatoms. The molecule has 0 aliphatic heterocycles. The minimum Gasteiger partial charge on any atom is -0.243 e. The first-order valence-electron chi connectivity index (χ1n) is 2.95. The van der Waals surface area contributed by atoms with Gasteiger partial charge in [0.15, 0.2) is 0 Å². The van der Waals surface area contributed by atoms with Gasteiger partial charge in [0.1, 0.15) is 10.0 Å². The molecule has 0 N–H and O–H groups in total. The van der Waals surface area contributed by atoms with Crippen molar-refractivity contribution in [3.63, 3.8) is 0 Å². The van der Waals surface area contributed by atoms with Gasteiger partial charge < -0.3 is 0 Å². The highest BCUT2D eigenvalue weighted by molar-refractivity contribution is 8.08. The molecule has 0 heterocycles. The number of alkyl halides is 2. The van der Waals surface area contributed by atoms with Crippen molar-refractivity contribution >= 4 is 20.7 Å². The molecule has 1 nitrogen and oxygen atoms in total. The van der Waals surface area contributed by atoms with Gasteiger partial charge in [0.05, 0.1) is 0 Å². The zero-order valence-corrected chi connectivity index (χ0v) is 6.72. The van der Waals surface area contributed by atoms with E-state index < -0.39 is 21.9 Å². The molecule has 1 fully saturated rings. The van der Waals surface area contributed by atoms with Crippen LogP contribution >= 0.6 is 10.7 Å². The molecule has 1 aliphatic rings. The predicted octanol–water partition coefficient (Wildman–Crippen LogP) is 1.93. The smallest absolute Gasteiger partial charge is 0.243 e. The van der Waals surface area contributed by atoms with Crippen LogP contribution in [0.2, 0.25) is 0 Å². The summed E-state index contributed by atoms with van der Waals surface area (Å²) >= 11 is 0. The van der Waals surface area contributed by atoms with Crippen LogP contribution in [-0.2, 0) is 10.0 Å². The van der Waals surface area contributed by atoms with E-state index in [1.54, 1.807) is 0 Å². The molecule has 1 aliphatic carbocycles. The van der Waals surface area contributed by atoms with Gasteiger partial charge in [-0.2, -0.15) is 0 Å². The van der Waals surface area contributed by atoms with Gasteiger partial charge in [-0.25, -0.2) is 13.0 Å². The Hall–Kier alpha value is 0.300. The fourth-order valence-corrected chi connectivity index (χ4v) is 1.55. The van der Waals surface area contributed by atoms with E-state index >= 15 is 0 Å². The molecule has 0 bridgehead atoms. The van der Waals surface area contributed by atoms with Crippen LogP contribution in [0.3, 0.4) is 0 Å². The molecule has 60 valence electrons. The molecular weight excluding hydrogens is 182 g/mol. The maximum Gasteiger partial charge on any atom is 0.251 e. The third kappa shape index (κ3) is 2.16. The molecule has 10 heavy (non-hydrogen) atoms. The number of hydrogen-bond acceptors (Lipinski definition) is 1. The molecule has 0 saturated heterocycles. The van der Waals surface area contributed by atoms with Gasteiger partial charge in [0, 0.05) is 18.1 Å². The Morgan fingerprint density at radius 2 is 2.20 bits per heavy atom. The van der Waals surface area contributed by atoms with Crippen LogP contribution in [0.25, 0.3) is 0 Å². The third-order valence-electron chi connectivity index (χ3n) is 1.58. The first kappa shape index (κ1) is 8.40. The summed E-state index contributed by atoms with van der Waals surface area (Å²) in [6, 6.07) is 0. The average Bonchev–Trinajstić information content (AvgIpc) is 2.35. The lowest BCUT2D eigenvalue weighted by atomic mass is 10.3. The van der Waals surface area contributed by atoms with Gasteiger partial charge in [0.25, 0.3) is 5.92 Å². The number of rotatable bonds is 3. The Morgan fingerprint density at radius 1 is 1.70 bits per heavy atom. The fraction of sp³-hybridized carbons (Fsp3) is 1.00. The van der Waals surface area contributed by atoms with Crippen molar-refractivity contribution in [3.05, 3.63) is 0 Å². The predicted molar refractivity (Wildman–Crippen MR) is 36.5 cm³/mol. The van der Waals surface area contributed by atoms with E-state index in [2.05, 4.69) is 0 Å². The Balaban J connectivity index is 2.13. The highest BCUT2D eigenvalue weighted by Gasteiger charge is 2.56. The second-order valence-corrected chi connectivity index (χ2v) is 4.47. The summed E-state index contributed by atoms with van der Waals surface area (Å²) in [5.74, 6) is -2.87. The molecule has 2 unspecified atom stereocenters. The van der Waals surface area contributed by atoms with E-state index in [0.29, 0.717) is 0 Å². The van der Waals surface area contributed by atoms with Crippen molar-refractivity contribution in [3.8, 4) is 0 Å². The van der Waals surface area contributed by atoms with Crippen LogP contribution in [0.1, 0.15) is 12.8 Å². The summed E-state index contributed by atoms with van der Waals surface area (Å²) < 4.78 is 34.4. The van der Waals surface area contributed by atoms with E-state index in [1.807, 2.05) is 0 Å². The summed E-state index contributed by atoms with van der Waals surface area (Å²) in [4.78, 5) is 0. The molecule has 2 atom stereocenters. The van der Waals surface area contributed by atoms with Crippen molar-refractivity contribution in [2.45, 2.75) is 18.8 Å². The second-order valence-electron chi connectivity index (χ2n) is 2.44. The molecule has 0 spiro atoms. The minimum absolute atomic E-state index is 0.0545. The molecular formula is C5H7ClF2OS. The first-order valence-corrected chi connectivity index (χ1v) is 5.09. The van der Waals surface area contributed by atoms with Gasteiger partial charge >= 0.3 is 0 Å². The topological polar surface area (TPSA) is 17.1 Å². The van der Waals surface area contributed by atoms with Crippen LogP contribution in [0.4, 0.5) is 8.78 Å². The SMILES string of the molecule is O=S(Cl)CCC1CC1(F)F. The van der Waals surface area contributed by atoms with Gasteiger partial charge in [-0.3, -0.25) is 0 Å². The van der Waals surface area contributed by atoms with Gasteiger partial charge in [-0.15, -0.1) is 0 Å². The first-order chi connectivity index (χ1) is 4.52. The summed E-state index contributed by atoms with van der Waals surface area (Å²) in [5, 5.41) is 0. The largest absolute Gasteiger partial charge is 0.251 e. The molecule has 0 radical (unpaired) electrons. The van der Waals surface area contributed by atoms with Crippen LogP contribution in [0.5, 0.6) is 0 Å². The highest BCUT2D eigenvalue weighted by atomic mass is 35.7. The second kappa shape index (κ2) is 2.74. The van der Waals surface area contributed by atoms with E-state index in [0.717, 1.165) is 0 Å². The van der Waals surface area contributed by atoms with Crippen LogP contribution in [0.15, 0.2) is 0 Å². The normalized spacial score (nSPS) is 31.7. The van der Waals surface area contributed by atoms with Gasteiger partial charge in [-0.1, -0.05) is 0 Å². The van der Waals surface area contributed by atoms with E-state index in [4.69, 9.17) is 10.7 Å². The molecule has 1 rings (SSSR count). The lowest BCUT2D eigenvalue weighted by Gasteiger charge is -1.93. The molecule has 1 saturated carbocycles. The molecule has 0 amide bonds. The van der Waals surface area contributed by atoms with Crippen LogP contribution in [-0.4, -0.2) is 15.9 Å². The number of halogens is 3. The lowest BCUT2D eigenvalue weighted by Crippen LogP contribution is -1.97. The van der Waals surface area contributed by atoms with Crippen molar-refractivity contribution in [2.75, 3.05) is 5.75 Å². The average molecular weight is 189 g/mol. The summed E-state index contributed by atoms with van der Waals surface area (Å²) in [6.45, 7) is 0. The van der Waals surface area contributed by atoms with E-state index in [-0.39, 0.29) is 18.6 Å². The van der Waals surface area contributed by atoms with Crippen molar-refractivity contribution in [1.29, 1.82) is 0 Å². The summed E-state index contributed by atoms with van der Waals surface area (Å²) in [7, 11) is 3.63. The van der Waals surface area contributed by atoms with Gasteiger partial charge in [0.2, 0.25) is 0 Å². The maximum atomic E-state index is 12.1. The quantitative estimate of drug-likeness (QED) is 0.619. The fourth-order valence-electron chi connectivity index (χ4n) is 0.818. The Bertz CT molecular complexity index is 162. The summed E-state index contributed by atoms with van der Waals surface area (Å²) in [6.07, 6.45) is 0.226. The maximum absolute atomic E-state index is 12.1. The Kier molecular flexibility index (Phi) is 2.30. The lowest BCUT2D eigenvalue weighted by molar-refractivity contribution is 0.0983. The van der Waals surface area contributed by atoms with Crippen molar-refractivity contribution in [1.82, 2.24) is 0 Å². The number of hydrogen-bond donors (Lipinski definition) is 0. The highest BCUT2D eigenvalue weighted by Crippen LogP contribution is 2.50. The summed E-state index contributed by atoms with van der Waals surface area (Å²) in [5.41, 5.74) is 0. The van der Waals surface area contributed by atoms with E-state index in [9.17, 15) is 13.0 Å². The van der Waals surface area contributed by atoms with Crippen molar-refractivity contribution in [2.24, 2.45) is 5.92 Å². The van der Waals surface area contributed by atoms with E-state index in [1.165, 1.54) is 0 Å². The third-order valence-corrected chi connectivity index (χ3v) is 2.60. The molecule has 0 aromatic heterocycles. The van der Waals surface area contributed by atoms with Gasteiger partial charge in [-0.05, 0) is 17.1 Å². The Morgan fingerprint density at radius 3 is 2.50 bits per heavy atom. The van der Waals surface area contributed by atoms with Crippen LogP contribution < -0.4 is 0 Å². The molecule has 0 aromatic rings. The zero-order chi connectivity index (χ0) is 7.78. The van der Waals surface area contributed by atoms with Crippen LogP contribution in [0, 0.1) is 5.92 Å². The monoisotopic (exact) mass is 188 g/mol.